The first-order valence-electron chi connectivity index (χ1n) is 8.83. The average Bonchev–Trinajstić information content (AvgIpc) is 3.40. The molecular formula is C20H19ClN4OS. The number of H-pyrrole nitrogens is 1. The van der Waals surface area contributed by atoms with Crippen molar-refractivity contribution in [3.05, 3.63) is 76.6 Å². The Kier molecular flexibility index (Phi) is 5.45. The summed E-state index contributed by atoms with van der Waals surface area (Å²) in [5.41, 5.74) is 2.77. The van der Waals surface area contributed by atoms with Gasteiger partial charge in [0.2, 0.25) is 0 Å². The van der Waals surface area contributed by atoms with E-state index in [1.54, 1.807) is 0 Å². The monoisotopic (exact) mass is 398 g/mol. The van der Waals surface area contributed by atoms with Gasteiger partial charge in [-0.25, -0.2) is 4.98 Å². The Hall–Kier alpha value is -2.31. The van der Waals surface area contributed by atoms with Crippen LogP contribution in [0.15, 0.2) is 60.0 Å². The number of rotatable bonds is 7. The van der Waals surface area contributed by atoms with E-state index in [4.69, 9.17) is 11.6 Å². The number of carbonyl (C=O) groups is 1. The van der Waals surface area contributed by atoms with Crippen molar-refractivity contribution in [2.45, 2.75) is 29.8 Å². The summed E-state index contributed by atoms with van der Waals surface area (Å²) in [6.07, 6.45) is 3.75. The first-order valence-corrected chi connectivity index (χ1v) is 10.2. The van der Waals surface area contributed by atoms with Gasteiger partial charge in [0.05, 0.1) is 6.04 Å². The van der Waals surface area contributed by atoms with Crippen LogP contribution in [0.25, 0.3) is 0 Å². The maximum atomic E-state index is 13.0. The van der Waals surface area contributed by atoms with Crippen molar-refractivity contribution < 1.29 is 4.79 Å². The fourth-order valence-corrected chi connectivity index (χ4v) is 3.98. The second-order valence-corrected chi connectivity index (χ2v) is 7.98. The smallest absolute Gasteiger partial charge is 0.252 e. The van der Waals surface area contributed by atoms with Gasteiger partial charge in [-0.3, -0.25) is 9.89 Å². The number of nitrogens with zero attached hydrogens (tertiary/aromatic N) is 2. The van der Waals surface area contributed by atoms with Gasteiger partial charge in [-0.05, 0) is 48.1 Å². The van der Waals surface area contributed by atoms with Crippen LogP contribution in [-0.4, -0.2) is 21.1 Å². The molecule has 7 heteroatoms. The highest BCUT2D eigenvalue weighted by atomic mass is 35.5. The highest BCUT2D eigenvalue weighted by molar-refractivity contribution is 7.98. The van der Waals surface area contributed by atoms with Crippen molar-refractivity contribution in [1.82, 2.24) is 20.5 Å². The third kappa shape index (κ3) is 4.51. The first kappa shape index (κ1) is 18.1. The van der Waals surface area contributed by atoms with E-state index in [-0.39, 0.29) is 11.9 Å². The van der Waals surface area contributed by atoms with Crippen molar-refractivity contribution in [3.63, 3.8) is 0 Å². The topological polar surface area (TPSA) is 70.7 Å². The number of hydrogen-bond acceptors (Lipinski definition) is 4. The molecule has 0 unspecified atom stereocenters. The highest BCUT2D eigenvalue weighted by Gasteiger charge is 2.33. The molecule has 1 atom stereocenters. The number of halogens is 1. The van der Waals surface area contributed by atoms with E-state index in [0.29, 0.717) is 22.3 Å². The SMILES string of the molecule is O=C(N[C@@H](c1ccc(Cl)cc1)C1CC1)c1ccccc1CSc1ncn[nH]1. The standard InChI is InChI=1S/C20H19ClN4OS/c21-16-9-7-14(8-10-16)18(13-5-6-13)24-19(26)17-4-2-1-3-15(17)11-27-20-22-12-23-25-20/h1-4,7-10,12-13,18H,5-6,11H2,(H,24,26)(H,22,23,25)/t18-/m1/s1. The van der Waals surface area contributed by atoms with Gasteiger partial charge in [0.1, 0.15) is 6.33 Å². The van der Waals surface area contributed by atoms with Gasteiger partial charge in [0.15, 0.2) is 5.16 Å². The summed E-state index contributed by atoms with van der Waals surface area (Å²) in [6.45, 7) is 0. The van der Waals surface area contributed by atoms with E-state index in [1.165, 1.54) is 18.1 Å². The maximum Gasteiger partial charge on any atom is 0.252 e. The summed E-state index contributed by atoms with van der Waals surface area (Å²) >= 11 is 7.53. The minimum Gasteiger partial charge on any atom is -0.345 e. The number of benzene rings is 2. The molecule has 0 spiro atoms. The molecule has 27 heavy (non-hydrogen) atoms. The first-order chi connectivity index (χ1) is 13.2. The number of aromatic nitrogens is 3. The van der Waals surface area contributed by atoms with Crippen LogP contribution in [0.4, 0.5) is 0 Å². The van der Waals surface area contributed by atoms with Crippen LogP contribution < -0.4 is 5.32 Å². The Morgan fingerprint density at radius 3 is 2.70 bits per heavy atom. The van der Waals surface area contributed by atoms with E-state index in [1.807, 2.05) is 48.5 Å². The summed E-state index contributed by atoms with van der Waals surface area (Å²) in [7, 11) is 0. The zero-order valence-corrected chi connectivity index (χ0v) is 16.1. The van der Waals surface area contributed by atoms with Gasteiger partial charge in [-0.15, -0.1) is 0 Å². The third-order valence-corrected chi connectivity index (χ3v) is 5.81. The van der Waals surface area contributed by atoms with Crippen LogP contribution in [0, 0.1) is 5.92 Å². The van der Waals surface area contributed by atoms with Crippen LogP contribution in [-0.2, 0) is 5.75 Å². The second kappa shape index (κ2) is 8.15. The number of aromatic amines is 1. The molecule has 4 rings (SSSR count). The number of thioether (sulfide) groups is 1. The van der Waals surface area contributed by atoms with Gasteiger partial charge in [0.25, 0.3) is 5.91 Å². The van der Waals surface area contributed by atoms with E-state index >= 15 is 0 Å². The van der Waals surface area contributed by atoms with Crippen LogP contribution >= 0.6 is 23.4 Å². The molecule has 138 valence electrons. The van der Waals surface area contributed by atoms with Crippen molar-refractivity contribution in [2.75, 3.05) is 0 Å². The highest BCUT2D eigenvalue weighted by Crippen LogP contribution is 2.41. The quantitative estimate of drug-likeness (QED) is 0.569. The van der Waals surface area contributed by atoms with Gasteiger partial charge in [0, 0.05) is 16.3 Å². The molecule has 3 aromatic rings. The van der Waals surface area contributed by atoms with E-state index in [2.05, 4.69) is 20.5 Å². The van der Waals surface area contributed by atoms with E-state index in [0.717, 1.165) is 29.1 Å². The van der Waals surface area contributed by atoms with Crippen LogP contribution in [0.1, 0.15) is 40.4 Å². The number of nitrogens with one attached hydrogen (secondary N) is 2. The van der Waals surface area contributed by atoms with Crippen LogP contribution in [0.2, 0.25) is 5.02 Å². The van der Waals surface area contributed by atoms with Crippen molar-refractivity contribution in [3.8, 4) is 0 Å². The second-order valence-electron chi connectivity index (χ2n) is 6.58. The molecular weight excluding hydrogens is 380 g/mol. The summed E-state index contributed by atoms with van der Waals surface area (Å²) in [5, 5.41) is 11.4. The summed E-state index contributed by atoms with van der Waals surface area (Å²) < 4.78 is 0. The lowest BCUT2D eigenvalue weighted by Crippen LogP contribution is -2.30. The Labute approximate surface area is 166 Å². The molecule has 0 aliphatic heterocycles. The predicted octanol–water partition coefficient (Wildman–Crippen LogP) is 4.63. The Bertz CT molecular complexity index is 910. The fraction of sp³-hybridized carbons (Fsp3) is 0.250. The minimum absolute atomic E-state index is 0.0183. The summed E-state index contributed by atoms with van der Waals surface area (Å²) in [4.78, 5) is 17.1. The van der Waals surface area contributed by atoms with Gasteiger partial charge < -0.3 is 5.32 Å². The molecule has 1 aromatic heterocycles. The summed E-state index contributed by atoms with van der Waals surface area (Å²) in [6, 6.07) is 15.5. The molecule has 2 aromatic carbocycles. The molecule has 1 heterocycles. The van der Waals surface area contributed by atoms with Crippen molar-refractivity contribution in [2.24, 2.45) is 5.92 Å². The Morgan fingerprint density at radius 2 is 2.00 bits per heavy atom. The molecule has 1 amide bonds. The zero-order valence-electron chi connectivity index (χ0n) is 14.6. The summed E-state index contributed by atoms with van der Waals surface area (Å²) in [5.74, 6) is 1.09. The molecule has 1 aliphatic rings. The van der Waals surface area contributed by atoms with Crippen molar-refractivity contribution in [1.29, 1.82) is 0 Å². The van der Waals surface area contributed by atoms with Crippen LogP contribution in [0.3, 0.4) is 0 Å². The molecule has 1 aliphatic carbocycles. The van der Waals surface area contributed by atoms with Gasteiger partial charge in [-0.1, -0.05) is 53.7 Å². The predicted molar refractivity (Wildman–Crippen MR) is 107 cm³/mol. The molecule has 0 radical (unpaired) electrons. The van der Waals surface area contributed by atoms with Gasteiger partial charge in [-0.2, -0.15) is 5.10 Å². The maximum absolute atomic E-state index is 13.0. The molecule has 0 bridgehead atoms. The Morgan fingerprint density at radius 1 is 1.22 bits per heavy atom. The van der Waals surface area contributed by atoms with Crippen molar-refractivity contribution >= 4 is 29.3 Å². The van der Waals surface area contributed by atoms with E-state index in [9.17, 15) is 4.79 Å². The number of hydrogen-bond donors (Lipinski definition) is 2. The molecule has 1 fully saturated rings. The Balaban J connectivity index is 1.50. The fourth-order valence-electron chi connectivity index (χ4n) is 3.07. The molecule has 1 saturated carbocycles. The molecule has 2 N–H and O–H groups in total. The number of amides is 1. The largest absolute Gasteiger partial charge is 0.345 e. The molecule has 0 saturated heterocycles. The molecule has 5 nitrogen and oxygen atoms in total. The van der Waals surface area contributed by atoms with E-state index < -0.39 is 0 Å². The lowest BCUT2D eigenvalue weighted by molar-refractivity contribution is 0.0931. The zero-order chi connectivity index (χ0) is 18.6. The third-order valence-electron chi connectivity index (χ3n) is 4.63. The van der Waals surface area contributed by atoms with Crippen LogP contribution in [0.5, 0.6) is 0 Å². The lowest BCUT2D eigenvalue weighted by atomic mass is 10.0. The normalized spacial score (nSPS) is 14.7. The lowest BCUT2D eigenvalue weighted by Gasteiger charge is -2.20. The minimum atomic E-state index is -0.0457. The average molecular weight is 399 g/mol. The van der Waals surface area contributed by atoms with Gasteiger partial charge >= 0.3 is 0 Å². The number of carbonyl (C=O) groups excluding carboxylic acids is 1.